The molecule has 186 valence electrons. The summed E-state index contributed by atoms with van der Waals surface area (Å²) in [6.07, 6.45) is -3.79. The molecule has 0 N–H and O–H groups in total. The Morgan fingerprint density at radius 3 is 2.26 bits per heavy atom. The van der Waals surface area contributed by atoms with Crippen molar-refractivity contribution >= 4 is 21.8 Å². The highest BCUT2D eigenvalue weighted by Gasteiger charge is 2.51. The van der Waals surface area contributed by atoms with E-state index in [0.29, 0.717) is 18.4 Å². The Labute approximate surface area is 201 Å². The molecule has 1 aliphatic carbocycles. The molecule has 2 atom stereocenters. The fourth-order valence-electron chi connectivity index (χ4n) is 4.78. The van der Waals surface area contributed by atoms with Crippen molar-refractivity contribution < 1.29 is 35.9 Å². The standard InChI is InChI=1S/C25H24F3NO5S/c1-15-6-12-18(13-7-15)35(32,33)29-20(14-22(31)34-2)19-4-3-5-21(30)23(19)24(29)16-8-10-17(11-9-16)25(26,27)28/h6-13,20,24H,3-5,14H2,1-2H3/t20-,24+/m0/s1. The van der Waals surface area contributed by atoms with Gasteiger partial charge in [-0.25, -0.2) is 8.42 Å². The van der Waals surface area contributed by atoms with Crippen LogP contribution in [0, 0.1) is 6.92 Å². The first-order chi connectivity index (χ1) is 16.4. The number of ketones is 1. The van der Waals surface area contributed by atoms with E-state index in [1.807, 2.05) is 0 Å². The van der Waals surface area contributed by atoms with E-state index < -0.39 is 39.8 Å². The van der Waals surface area contributed by atoms with E-state index in [0.717, 1.165) is 22.0 Å². The van der Waals surface area contributed by atoms with Crippen LogP contribution in [0.2, 0.25) is 0 Å². The molecule has 2 aromatic carbocycles. The van der Waals surface area contributed by atoms with Gasteiger partial charge in [-0.15, -0.1) is 0 Å². The second-order valence-corrected chi connectivity index (χ2v) is 10.5. The van der Waals surface area contributed by atoms with Gasteiger partial charge in [0, 0.05) is 12.0 Å². The normalized spacial score (nSPS) is 21.2. The van der Waals surface area contributed by atoms with Gasteiger partial charge in [0.25, 0.3) is 0 Å². The number of benzene rings is 2. The number of hydrogen-bond acceptors (Lipinski definition) is 5. The third-order valence-electron chi connectivity index (χ3n) is 6.47. The summed E-state index contributed by atoms with van der Waals surface area (Å²) in [4.78, 5) is 25.3. The lowest BCUT2D eigenvalue weighted by Gasteiger charge is -2.31. The van der Waals surface area contributed by atoms with Gasteiger partial charge in [0.05, 0.1) is 36.1 Å². The third kappa shape index (κ3) is 4.64. The maximum absolute atomic E-state index is 13.9. The van der Waals surface area contributed by atoms with Gasteiger partial charge in [0.15, 0.2) is 5.78 Å². The van der Waals surface area contributed by atoms with E-state index in [9.17, 15) is 31.2 Å². The molecule has 0 aromatic heterocycles. The Hall–Kier alpha value is -2.98. The summed E-state index contributed by atoms with van der Waals surface area (Å²) in [5.74, 6) is -0.926. The monoisotopic (exact) mass is 507 g/mol. The van der Waals surface area contributed by atoms with E-state index in [2.05, 4.69) is 0 Å². The zero-order valence-corrected chi connectivity index (χ0v) is 19.9. The van der Waals surface area contributed by atoms with Gasteiger partial charge >= 0.3 is 12.1 Å². The van der Waals surface area contributed by atoms with Gasteiger partial charge < -0.3 is 4.74 Å². The molecule has 0 saturated carbocycles. The van der Waals surface area contributed by atoms with Crippen LogP contribution in [0.25, 0.3) is 0 Å². The number of carbonyl (C=O) groups excluding carboxylic acids is 2. The van der Waals surface area contributed by atoms with Crippen LogP contribution in [0.15, 0.2) is 64.6 Å². The molecule has 6 nitrogen and oxygen atoms in total. The maximum Gasteiger partial charge on any atom is 0.416 e. The number of carbonyl (C=O) groups is 2. The van der Waals surface area contributed by atoms with Crippen molar-refractivity contribution in [2.75, 3.05) is 7.11 Å². The van der Waals surface area contributed by atoms with E-state index in [1.165, 1.54) is 31.4 Å². The van der Waals surface area contributed by atoms with Crippen LogP contribution >= 0.6 is 0 Å². The van der Waals surface area contributed by atoms with E-state index in [-0.39, 0.29) is 34.7 Å². The highest BCUT2D eigenvalue weighted by Crippen LogP contribution is 2.49. The van der Waals surface area contributed by atoms with Crippen LogP contribution in [0.4, 0.5) is 13.2 Å². The molecule has 35 heavy (non-hydrogen) atoms. The molecular weight excluding hydrogens is 483 g/mol. The Bertz CT molecular complexity index is 1280. The second kappa shape index (κ2) is 9.23. The molecule has 2 aromatic rings. The smallest absolute Gasteiger partial charge is 0.416 e. The zero-order chi connectivity index (χ0) is 25.5. The number of methoxy groups -OCH3 is 1. The average Bonchev–Trinajstić information content (AvgIpc) is 3.15. The second-order valence-electron chi connectivity index (χ2n) is 8.68. The number of hydrogen-bond donors (Lipinski definition) is 0. The molecule has 0 fully saturated rings. The lowest BCUT2D eigenvalue weighted by atomic mass is 9.85. The minimum absolute atomic E-state index is 0.0397. The number of rotatable bonds is 5. The lowest BCUT2D eigenvalue weighted by molar-refractivity contribution is -0.141. The van der Waals surface area contributed by atoms with Crippen LogP contribution < -0.4 is 0 Å². The summed E-state index contributed by atoms with van der Waals surface area (Å²) in [6, 6.07) is 8.11. The Balaban J connectivity index is 1.92. The number of Topliss-reactive ketones (excluding diaryl/α,β-unsaturated/α-hetero) is 1. The Kier molecular flexibility index (Phi) is 6.63. The number of halogens is 3. The molecular formula is C25H24F3NO5S. The Morgan fingerprint density at radius 1 is 1.06 bits per heavy atom. The topological polar surface area (TPSA) is 80.8 Å². The molecule has 0 amide bonds. The minimum atomic E-state index is -4.57. The van der Waals surface area contributed by atoms with Gasteiger partial charge in [-0.3, -0.25) is 9.59 Å². The summed E-state index contributed by atoms with van der Waals surface area (Å²) >= 11 is 0. The van der Waals surface area contributed by atoms with Gasteiger partial charge in [-0.1, -0.05) is 29.8 Å². The fourth-order valence-corrected chi connectivity index (χ4v) is 6.55. The maximum atomic E-state index is 13.9. The van der Waals surface area contributed by atoms with Crippen molar-refractivity contribution in [3.63, 3.8) is 0 Å². The zero-order valence-electron chi connectivity index (χ0n) is 19.1. The Morgan fingerprint density at radius 2 is 1.69 bits per heavy atom. The van der Waals surface area contributed by atoms with Crippen molar-refractivity contribution in [1.29, 1.82) is 0 Å². The lowest BCUT2D eigenvalue weighted by Crippen LogP contribution is -2.41. The molecule has 0 bridgehead atoms. The number of nitrogens with zero attached hydrogens (tertiary/aromatic N) is 1. The molecule has 1 aliphatic heterocycles. The van der Waals surface area contributed by atoms with Crippen LogP contribution in [0.1, 0.15) is 48.4 Å². The molecule has 4 rings (SSSR count). The first kappa shape index (κ1) is 25.1. The molecule has 0 radical (unpaired) electrons. The van der Waals surface area contributed by atoms with Crippen molar-refractivity contribution in [1.82, 2.24) is 4.31 Å². The number of aryl methyl sites for hydroxylation is 1. The first-order valence-electron chi connectivity index (χ1n) is 11.1. The molecule has 1 heterocycles. The summed E-state index contributed by atoms with van der Waals surface area (Å²) in [5.41, 5.74) is 0.933. The van der Waals surface area contributed by atoms with Crippen molar-refractivity contribution in [3.05, 3.63) is 76.4 Å². The number of alkyl halides is 3. The quantitative estimate of drug-likeness (QED) is 0.546. The highest BCUT2D eigenvalue weighted by molar-refractivity contribution is 7.89. The fraction of sp³-hybridized carbons (Fsp3) is 0.360. The molecule has 0 unspecified atom stereocenters. The molecule has 0 spiro atoms. The average molecular weight is 508 g/mol. The van der Waals surface area contributed by atoms with Crippen LogP contribution in [-0.4, -0.2) is 37.6 Å². The SMILES string of the molecule is COC(=O)C[C@H]1C2=C(C(=O)CCC2)[C@@H](c2ccc(C(F)(F)F)cc2)N1S(=O)(=O)c1ccc(C)cc1. The summed E-state index contributed by atoms with van der Waals surface area (Å²) in [6.45, 7) is 1.80. The predicted molar refractivity (Wildman–Crippen MR) is 121 cm³/mol. The molecule has 0 saturated heterocycles. The largest absolute Gasteiger partial charge is 0.469 e. The highest BCUT2D eigenvalue weighted by atomic mass is 32.2. The molecule has 2 aliphatic rings. The van der Waals surface area contributed by atoms with Crippen LogP contribution in [0.3, 0.4) is 0 Å². The summed E-state index contributed by atoms with van der Waals surface area (Å²) < 4.78 is 73.3. The van der Waals surface area contributed by atoms with Gasteiger partial charge in [0.2, 0.25) is 10.0 Å². The summed E-state index contributed by atoms with van der Waals surface area (Å²) in [5, 5.41) is 0. The number of ether oxygens (including phenoxy) is 1. The van der Waals surface area contributed by atoms with Crippen molar-refractivity contribution in [2.24, 2.45) is 0 Å². The number of sulfonamides is 1. The van der Waals surface area contributed by atoms with Crippen LogP contribution in [-0.2, 0) is 30.5 Å². The number of esters is 1. The molecule has 10 heteroatoms. The van der Waals surface area contributed by atoms with Gasteiger partial charge in [-0.05, 0) is 55.2 Å². The van der Waals surface area contributed by atoms with E-state index in [4.69, 9.17) is 4.74 Å². The van der Waals surface area contributed by atoms with E-state index in [1.54, 1.807) is 19.1 Å². The van der Waals surface area contributed by atoms with Gasteiger partial charge in [0.1, 0.15) is 0 Å². The van der Waals surface area contributed by atoms with Crippen LogP contribution in [0.5, 0.6) is 0 Å². The third-order valence-corrected chi connectivity index (χ3v) is 8.36. The van der Waals surface area contributed by atoms with Gasteiger partial charge in [-0.2, -0.15) is 17.5 Å². The van der Waals surface area contributed by atoms with E-state index >= 15 is 0 Å². The minimum Gasteiger partial charge on any atom is -0.469 e. The summed E-state index contributed by atoms with van der Waals surface area (Å²) in [7, 11) is -3.08. The van der Waals surface area contributed by atoms with Crippen molar-refractivity contribution in [2.45, 2.75) is 55.8 Å². The van der Waals surface area contributed by atoms with Crippen molar-refractivity contribution in [3.8, 4) is 0 Å². The predicted octanol–water partition coefficient (Wildman–Crippen LogP) is 4.74. The first-order valence-corrected chi connectivity index (χ1v) is 12.5.